The zero-order chi connectivity index (χ0) is 25.5. The third-order valence-electron chi connectivity index (χ3n) is 4.91. The Morgan fingerprint density at radius 2 is 1.33 bits per heavy atom. The summed E-state index contributed by atoms with van der Waals surface area (Å²) in [4.78, 5) is 2.20. The van der Waals surface area contributed by atoms with Crippen LogP contribution in [0.25, 0.3) is 9.81 Å². The summed E-state index contributed by atoms with van der Waals surface area (Å²) in [5, 5.41) is 0.430. The number of halogens is 1. The largest absolute Gasteiger partial charge is 0.485 e. The van der Waals surface area contributed by atoms with Gasteiger partial charge in [0.1, 0.15) is 8.79 Å². The van der Waals surface area contributed by atoms with Gasteiger partial charge in [-0.1, -0.05) is 72.4 Å². The molecule has 0 radical (unpaired) electrons. The number of hydrogen-bond donors (Lipinski definition) is 0. The fraction of sp³-hybridized carbons (Fsp3) is 0.148. The highest BCUT2D eigenvalue weighted by Crippen LogP contribution is 2.44. The Morgan fingerprint density at radius 1 is 0.778 bits per heavy atom. The van der Waals surface area contributed by atoms with Crippen LogP contribution in [0.15, 0.2) is 107 Å². The highest BCUT2D eigenvalue weighted by molar-refractivity contribution is 8.16. The molecule has 0 aromatic heterocycles. The van der Waals surface area contributed by atoms with Crippen molar-refractivity contribution in [3.05, 3.63) is 118 Å². The molecule has 2 aromatic rings. The zero-order valence-electron chi connectivity index (χ0n) is 19.7. The minimum absolute atomic E-state index is 0.215. The Balaban J connectivity index is 1.80. The van der Waals surface area contributed by atoms with E-state index in [2.05, 4.69) is 36.4 Å². The van der Waals surface area contributed by atoms with Crippen LogP contribution < -0.4 is 14.0 Å². The van der Waals surface area contributed by atoms with Crippen LogP contribution in [0.1, 0.15) is 25.0 Å². The number of thioether (sulfide) groups is 1. The summed E-state index contributed by atoms with van der Waals surface area (Å²) < 4.78 is 50.1. The normalized spacial score (nSPS) is 18.2. The summed E-state index contributed by atoms with van der Waals surface area (Å²) in [6.45, 7) is 4.07. The lowest BCUT2D eigenvalue weighted by Gasteiger charge is -2.20. The zero-order valence-corrected chi connectivity index (χ0v) is 22.1. The third-order valence-corrected chi connectivity index (χ3v) is 8.38. The maximum absolute atomic E-state index is 11.3. The maximum Gasteiger partial charge on any atom is 0.205 e. The van der Waals surface area contributed by atoms with Crippen molar-refractivity contribution in [1.29, 1.82) is 0 Å². The third kappa shape index (κ3) is 7.09. The van der Waals surface area contributed by atoms with Crippen LogP contribution in [-0.4, -0.2) is 18.3 Å². The molecule has 0 saturated carbocycles. The number of ether oxygens (including phenoxy) is 2. The first-order valence-corrected chi connectivity index (χ1v) is 14.4. The molecule has 2 aliphatic heterocycles. The predicted molar refractivity (Wildman–Crippen MR) is 138 cm³/mol. The highest BCUT2D eigenvalue weighted by Gasteiger charge is 2.32. The average Bonchev–Trinajstić information content (AvgIpc) is 2.86. The SMILES string of the molecule is CCOC1=CC(C=C2C=C(c3ccccc3)SC(c3ccccc3)=C2)=CC(OCC)=S1O[Cl+3]([O-])([O-])[O-]. The molecule has 6 nitrogen and oxygen atoms in total. The Morgan fingerprint density at radius 3 is 1.83 bits per heavy atom. The van der Waals surface area contributed by atoms with E-state index in [0.717, 1.165) is 32.1 Å². The minimum atomic E-state index is -4.67. The molecule has 188 valence electrons. The van der Waals surface area contributed by atoms with E-state index in [0.29, 0.717) is 0 Å². The lowest BCUT2D eigenvalue weighted by Crippen LogP contribution is -2.60. The van der Waals surface area contributed by atoms with Crippen molar-refractivity contribution in [2.75, 3.05) is 13.2 Å². The molecule has 9 heteroatoms. The van der Waals surface area contributed by atoms with Crippen LogP contribution in [0, 0.1) is 10.2 Å². The van der Waals surface area contributed by atoms with Gasteiger partial charge in [-0.3, -0.25) is 0 Å². The standard InChI is InChI=1S/C27H25ClO6S2/c1-3-32-26-18-21(19-27(33-4-2)36(26)34-28(29,30)31)15-20-16-24(22-11-7-5-8-12-22)35-25(17-20)23-13-9-6-10-14-23/h5-19H,3-4H2,1-2H3. The number of allylic oxidation sites excluding steroid dienone is 6. The fourth-order valence-corrected chi connectivity index (χ4v) is 6.89. The summed E-state index contributed by atoms with van der Waals surface area (Å²) in [5.74, 6) is 0. The van der Waals surface area contributed by atoms with E-state index in [1.165, 1.54) is 0 Å². The Bertz CT molecular complexity index is 1210. The Labute approximate surface area is 219 Å². The Hall–Kier alpha value is -2.40. The van der Waals surface area contributed by atoms with Gasteiger partial charge in [0.25, 0.3) is 0 Å². The van der Waals surface area contributed by atoms with Gasteiger partial charge in [0.15, 0.2) is 5.09 Å². The van der Waals surface area contributed by atoms with Gasteiger partial charge < -0.3 is 9.47 Å². The van der Waals surface area contributed by atoms with Gasteiger partial charge in [-0.2, -0.15) is 14.0 Å². The van der Waals surface area contributed by atoms with Crippen LogP contribution >= 0.6 is 22.5 Å². The average molecular weight is 545 g/mol. The number of benzene rings is 2. The van der Waals surface area contributed by atoms with E-state index in [9.17, 15) is 14.0 Å². The van der Waals surface area contributed by atoms with Gasteiger partial charge >= 0.3 is 0 Å². The molecule has 0 aliphatic carbocycles. The first-order chi connectivity index (χ1) is 17.4. The second kappa shape index (κ2) is 12.2. The molecule has 1 atom stereocenters. The summed E-state index contributed by atoms with van der Waals surface area (Å²) in [5.41, 5.74) is 3.88. The summed E-state index contributed by atoms with van der Waals surface area (Å²) >= 11 is 1.70. The molecule has 4 rings (SSSR count). The molecule has 0 bridgehead atoms. The van der Waals surface area contributed by atoms with E-state index in [1.807, 2.05) is 42.5 Å². The quantitative estimate of drug-likeness (QED) is 0.466. The predicted octanol–water partition coefficient (Wildman–Crippen LogP) is 3.82. The van der Waals surface area contributed by atoms with E-state index in [-0.39, 0.29) is 23.4 Å². The van der Waals surface area contributed by atoms with Crippen LogP contribution in [0.2, 0.25) is 0 Å². The second-order valence-electron chi connectivity index (χ2n) is 7.50. The summed E-state index contributed by atoms with van der Waals surface area (Å²) in [6.07, 6.45) is 9.53. The topological polar surface area (TPSA) is 96.9 Å². The molecule has 2 aliphatic rings. The van der Waals surface area contributed by atoms with Crippen LogP contribution in [0.5, 0.6) is 0 Å². The Kier molecular flexibility index (Phi) is 9.05. The molecule has 0 fully saturated rings. The smallest absolute Gasteiger partial charge is 0.205 e. The van der Waals surface area contributed by atoms with Gasteiger partial charge in [-0.25, -0.2) is 0 Å². The summed E-state index contributed by atoms with van der Waals surface area (Å²) in [7, 11) is -6.28. The molecule has 0 N–H and O–H groups in total. The number of hydrogen-bond acceptors (Lipinski definition) is 7. The molecule has 36 heavy (non-hydrogen) atoms. The molecular formula is C27H25ClO6S2. The van der Waals surface area contributed by atoms with Crippen molar-refractivity contribution >= 4 is 37.4 Å². The van der Waals surface area contributed by atoms with Crippen molar-refractivity contribution in [2.45, 2.75) is 13.8 Å². The monoisotopic (exact) mass is 544 g/mol. The molecule has 2 heterocycles. The second-order valence-corrected chi connectivity index (χ2v) is 11.2. The van der Waals surface area contributed by atoms with Gasteiger partial charge in [-0.15, -0.1) is 0 Å². The van der Waals surface area contributed by atoms with Crippen molar-refractivity contribution in [3.63, 3.8) is 0 Å². The molecule has 0 spiro atoms. The summed E-state index contributed by atoms with van der Waals surface area (Å²) in [6, 6.07) is 20.3. The van der Waals surface area contributed by atoms with Crippen LogP contribution in [0.4, 0.5) is 0 Å². The first-order valence-electron chi connectivity index (χ1n) is 11.2. The number of rotatable bonds is 8. The van der Waals surface area contributed by atoms with Crippen molar-refractivity contribution < 1.29 is 37.4 Å². The van der Waals surface area contributed by atoms with Crippen LogP contribution in [-0.2, 0) is 13.2 Å². The van der Waals surface area contributed by atoms with Gasteiger partial charge in [-0.05, 0) is 66.5 Å². The molecular weight excluding hydrogens is 520 g/mol. The fourth-order valence-electron chi connectivity index (χ4n) is 3.50. The lowest BCUT2D eigenvalue weighted by atomic mass is 10.1. The molecule has 1 unspecified atom stereocenters. The van der Waals surface area contributed by atoms with E-state index in [4.69, 9.17) is 13.2 Å². The van der Waals surface area contributed by atoms with E-state index in [1.54, 1.807) is 37.8 Å². The van der Waals surface area contributed by atoms with Gasteiger partial charge in [0, 0.05) is 9.81 Å². The first kappa shape index (κ1) is 26.7. The maximum atomic E-state index is 11.3. The van der Waals surface area contributed by atoms with E-state index < -0.39 is 21.0 Å². The van der Waals surface area contributed by atoms with Crippen molar-refractivity contribution in [3.8, 4) is 0 Å². The molecule has 0 amide bonds. The van der Waals surface area contributed by atoms with Gasteiger partial charge in [0.2, 0.25) is 10.8 Å². The highest BCUT2D eigenvalue weighted by atomic mass is 35.7. The lowest BCUT2D eigenvalue weighted by molar-refractivity contribution is -1.91. The van der Waals surface area contributed by atoms with Crippen molar-refractivity contribution in [1.82, 2.24) is 0 Å². The van der Waals surface area contributed by atoms with E-state index >= 15 is 0 Å². The molecule has 2 aromatic carbocycles. The van der Waals surface area contributed by atoms with Gasteiger partial charge in [0.05, 0.1) is 23.5 Å². The minimum Gasteiger partial charge on any atom is -0.485 e. The van der Waals surface area contributed by atoms with Crippen LogP contribution in [0.3, 0.4) is 0 Å². The molecule has 0 saturated heterocycles. The van der Waals surface area contributed by atoms with Crippen molar-refractivity contribution in [2.24, 2.45) is 0 Å².